The maximum Gasteiger partial charge on any atom is 0.244 e. The summed E-state index contributed by atoms with van der Waals surface area (Å²) in [6.07, 6.45) is 1.60. The minimum atomic E-state index is -0.301. The van der Waals surface area contributed by atoms with Crippen LogP contribution in [-0.4, -0.2) is 53.3 Å². The first-order chi connectivity index (χ1) is 8.27. The monoisotopic (exact) mass is 236 g/mol. The van der Waals surface area contributed by atoms with Crippen molar-refractivity contribution < 1.29 is 9.53 Å². The van der Waals surface area contributed by atoms with E-state index in [9.17, 15) is 4.79 Å². The Morgan fingerprint density at radius 3 is 2.94 bits per heavy atom. The van der Waals surface area contributed by atoms with Gasteiger partial charge in [0.05, 0.1) is 13.2 Å². The van der Waals surface area contributed by atoms with Crippen molar-refractivity contribution in [3.8, 4) is 0 Å². The van der Waals surface area contributed by atoms with Gasteiger partial charge in [0.25, 0.3) is 0 Å². The second-order valence-electron chi connectivity index (χ2n) is 3.91. The van der Waals surface area contributed by atoms with Gasteiger partial charge < -0.3 is 15.0 Å². The predicted octanol–water partition coefficient (Wildman–Crippen LogP) is 0.136. The number of anilines is 1. The highest BCUT2D eigenvalue weighted by Crippen LogP contribution is 2.05. The van der Waals surface area contributed by atoms with Gasteiger partial charge in [-0.3, -0.25) is 4.79 Å². The van der Waals surface area contributed by atoms with Crippen LogP contribution in [0.1, 0.15) is 6.92 Å². The SMILES string of the molecule is CC(Nc1cccnn1)C(=O)N1CCOCC1. The summed E-state index contributed by atoms with van der Waals surface area (Å²) in [5.41, 5.74) is 0. The second-order valence-corrected chi connectivity index (χ2v) is 3.91. The molecule has 1 atom stereocenters. The number of carbonyl (C=O) groups is 1. The third kappa shape index (κ3) is 3.13. The van der Waals surface area contributed by atoms with Crippen molar-refractivity contribution in [2.75, 3.05) is 31.6 Å². The summed E-state index contributed by atoms with van der Waals surface area (Å²) in [5, 5.41) is 10.7. The fourth-order valence-corrected chi connectivity index (χ4v) is 1.72. The first-order valence-electron chi connectivity index (χ1n) is 5.68. The smallest absolute Gasteiger partial charge is 0.244 e. The van der Waals surface area contributed by atoms with Crippen LogP contribution in [0.15, 0.2) is 18.3 Å². The highest BCUT2D eigenvalue weighted by Gasteiger charge is 2.22. The molecule has 92 valence electrons. The molecule has 0 radical (unpaired) electrons. The molecule has 6 nitrogen and oxygen atoms in total. The predicted molar refractivity (Wildman–Crippen MR) is 62.5 cm³/mol. The van der Waals surface area contributed by atoms with Crippen LogP contribution in [0.25, 0.3) is 0 Å². The van der Waals surface area contributed by atoms with E-state index in [0.717, 1.165) is 0 Å². The molecular formula is C11H16N4O2. The van der Waals surface area contributed by atoms with E-state index in [1.807, 2.05) is 6.92 Å². The third-order valence-electron chi connectivity index (χ3n) is 2.63. The van der Waals surface area contributed by atoms with Crippen LogP contribution in [0.5, 0.6) is 0 Å². The number of aromatic nitrogens is 2. The quantitative estimate of drug-likeness (QED) is 0.808. The number of nitrogens with one attached hydrogen (secondary N) is 1. The molecule has 17 heavy (non-hydrogen) atoms. The Morgan fingerprint density at radius 2 is 2.29 bits per heavy atom. The Kier molecular flexibility index (Phi) is 3.87. The van der Waals surface area contributed by atoms with Gasteiger partial charge in [0.1, 0.15) is 11.9 Å². The van der Waals surface area contributed by atoms with E-state index in [0.29, 0.717) is 32.1 Å². The normalized spacial score (nSPS) is 17.6. The van der Waals surface area contributed by atoms with Gasteiger partial charge in [-0.05, 0) is 19.1 Å². The van der Waals surface area contributed by atoms with Crippen molar-refractivity contribution in [2.45, 2.75) is 13.0 Å². The molecule has 1 aliphatic heterocycles. The molecule has 1 fully saturated rings. The number of rotatable bonds is 3. The first kappa shape index (κ1) is 11.8. The van der Waals surface area contributed by atoms with E-state index in [-0.39, 0.29) is 11.9 Å². The van der Waals surface area contributed by atoms with Crippen molar-refractivity contribution >= 4 is 11.7 Å². The summed E-state index contributed by atoms with van der Waals surface area (Å²) < 4.78 is 5.21. The highest BCUT2D eigenvalue weighted by atomic mass is 16.5. The topological polar surface area (TPSA) is 67.4 Å². The molecule has 1 amide bonds. The molecule has 2 rings (SSSR count). The molecule has 0 aliphatic carbocycles. The zero-order valence-corrected chi connectivity index (χ0v) is 9.80. The fourth-order valence-electron chi connectivity index (χ4n) is 1.72. The number of hydrogen-bond donors (Lipinski definition) is 1. The Balaban J connectivity index is 1.90. The molecule has 2 heterocycles. The average molecular weight is 236 g/mol. The Morgan fingerprint density at radius 1 is 1.53 bits per heavy atom. The van der Waals surface area contributed by atoms with Crippen molar-refractivity contribution in [1.29, 1.82) is 0 Å². The van der Waals surface area contributed by atoms with Gasteiger partial charge in [-0.25, -0.2) is 0 Å². The lowest BCUT2D eigenvalue weighted by molar-refractivity contribution is -0.135. The van der Waals surface area contributed by atoms with Gasteiger partial charge in [-0.2, -0.15) is 5.10 Å². The standard InChI is InChI=1S/C11H16N4O2/c1-9(13-10-3-2-4-12-14-10)11(16)15-5-7-17-8-6-15/h2-4,9H,5-8H2,1H3,(H,13,14). The molecule has 0 spiro atoms. The maximum absolute atomic E-state index is 12.1. The third-order valence-corrected chi connectivity index (χ3v) is 2.63. The van der Waals surface area contributed by atoms with Crippen LogP contribution in [-0.2, 0) is 9.53 Å². The van der Waals surface area contributed by atoms with E-state index < -0.39 is 0 Å². The summed E-state index contributed by atoms with van der Waals surface area (Å²) in [6, 6.07) is 3.27. The first-order valence-corrected chi connectivity index (χ1v) is 5.68. The maximum atomic E-state index is 12.1. The summed E-state index contributed by atoms with van der Waals surface area (Å²) >= 11 is 0. The van der Waals surface area contributed by atoms with Crippen LogP contribution in [0.2, 0.25) is 0 Å². The van der Waals surface area contributed by atoms with E-state index >= 15 is 0 Å². The number of carbonyl (C=O) groups excluding carboxylic acids is 1. The Hall–Kier alpha value is -1.69. The highest BCUT2D eigenvalue weighted by molar-refractivity contribution is 5.84. The molecule has 0 saturated carbocycles. The minimum absolute atomic E-state index is 0.0685. The molecule has 1 aliphatic rings. The van der Waals surface area contributed by atoms with Crippen LogP contribution in [0.3, 0.4) is 0 Å². The van der Waals surface area contributed by atoms with E-state index in [2.05, 4.69) is 15.5 Å². The zero-order chi connectivity index (χ0) is 12.1. The van der Waals surface area contributed by atoms with Crippen molar-refractivity contribution in [2.24, 2.45) is 0 Å². The van der Waals surface area contributed by atoms with Gasteiger partial charge in [0.15, 0.2) is 0 Å². The molecule has 6 heteroatoms. The molecule has 1 aromatic heterocycles. The number of hydrogen-bond acceptors (Lipinski definition) is 5. The molecule has 1 unspecified atom stereocenters. The van der Waals surface area contributed by atoms with Gasteiger partial charge in [-0.1, -0.05) is 0 Å². The molecule has 1 saturated heterocycles. The zero-order valence-electron chi connectivity index (χ0n) is 9.80. The van der Waals surface area contributed by atoms with Crippen LogP contribution in [0.4, 0.5) is 5.82 Å². The molecule has 0 aromatic carbocycles. The van der Waals surface area contributed by atoms with Gasteiger partial charge >= 0.3 is 0 Å². The number of amides is 1. The van der Waals surface area contributed by atoms with Gasteiger partial charge in [0, 0.05) is 19.3 Å². The van der Waals surface area contributed by atoms with Gasteiger partial charge in [0.2, 0.25) is 5.91 Å². The van der Waals surface area contributed by atoms with Crippen LogP contribution in [0, 0.1) is 0 Å². The lowest BCUT2D eigenvalue weighted by Crippen LogP contribution is -2.47. The molecular weight excluding hydrogens is 220 g/mol. The van der Waals surface area contributed by atoms with E-state index in [1.165, 1.54) is 0 Å². The van der Waals surface area contributed by atoms with E-state index in [1.54, 1.807) is 23.2 Å². The second kappa shape index (κ2) is 5.58. The molecule has 1 aromatic rings. The van der Waals surface area contributed by atoms with Crippen molar-refractivity contribution in [3.05, 3.63) is 18.3 Å². The van der Waals surface area contributed by atoms with Gasteiger partial charge in [-0.15, -0.1) is 5.10 Å². The minimum Gasteiger partial charge on any atom is -0.378 e. The number of nitrogens with zero attached hydrogens (tertiary/aromatic N) is 3. The Bertz CT molecular complexity index is 365. The van der Waals surface area contributed by atoms with Crippen molar-refractivity contribution in [3.63, 3.8) is 0 Å². The van der Waals surface area contributed by atoms with Crippen LogP contribution >= 0.6 is 0 Å². The number of ether oxygens (including phenoxy) is 1. The van der Waals surface area contributed by atoms with Crippen molar-refractivity contribution in [1.82, 2.24) is 15.1 Å². The summed E-state index contributed by atoms with van der Waals surface area (Å²) in [4.78, 5) is 13.9. The summed E-state index contributed by atoms with van der Waals surface area (Å²) in [5.74, 6) is 0.681. The van der Waals surface area contributed by atoms with Crippen LogP contribution < -0.4 is 5.32 Å². The average Bonchev–Trinajstić information content (AvgIpc) is 2.40. The molecule has 1 N–H and O–H groups in total. The Labute approximate surface area is 100.0 Å². The summed E-state index contributed by atoms with van der Waals surface area (Å²) in [7, 11) is 0. The fraction of sp³-hybridized carbons (Fsp3) is 0.545. The summed E-state index contributed by atoms with van der Waals surface area (Å²) in [6.45, 7) is 4.37. The van der Waals surface area contributed by atoms with E-state index in [4.69, 9.17) is 4.74 Å². The largest absolute Gasteiger partial charge is 0.378 e. The lowest BCUT2D eigenvalue weighted by atomic mass is 10.2. The lowest BCUT2D eigenvalue weighted by Gasteiger charge is -2.29. The molecule has 0 bridgehead atoms. The number of morpholine rings is 1.